The molecule has 0 bridgehead atoms. The number of pyridine rings is 1. The van der Waals surface area contributed by atoms with E-state index in [4.69, 9.17) is 9.15 Å². The maximum atomic E-state index is 12.3. The molecule has 4 rings (SSSR count). The summed E-state index contributed by atoms with van der Waals surface area (Å²) in [6.07, 6.45) is 2.95. The van der Waals surface area contributed by atoms with E-state index in [1.165, 1.54) is 29.9 Å². The normalized spacial score (nSPS) is 10.3. The zero-order valence-electron chi connectivity index (χ0n) is 15.6. The molecule has 0 aliphatic heterocycles. The first kappa shape index (κ1) is 18.8. The molecule has 2 N–H and O–H groups in total. The SMILES string of the molecule is COc1cc(C(=O)Nc2cccc(C#Cc3nnc4c(C(=O)O)cccn34)c2)co1. The number of benzene rings is 1. The van der Waals surface area contributed by atoms with E-state index in [2.05, 4.69) is 27.4 Å². The van der Waals surface area contributed by atoms with Gasteiger partial charge in [-0.2, -0.15) is 0 Å². The van der Waals surface area contributed by atoms with Crippen molar-refractivity contribution < 1.29 is 23.8 Å². The number of aromatic carboxylic acids is 1. The van der Waals surface area contributed by atoms with Crippen LogP contribution in [0.15, 0.2) is 59.3 Å². The van der Waals surface area contributed by atoms with E-state index in [0.717, 1.165) is 0 Å². The molecule has 3 aromatic heterocycles. The molecule has 1 aromatic carbocycles. The smallest absolute Gasteiger partial charge is 0.339 e. The van der Waals surface area contributed by atoms with Crippen molar-refractivity contribution in [3.63, 3.8) is 0 Å². The van der Waals surface area contributed by atoms with Gasteiger partial charge in [-0.25, -0.2) is 4.79 Å². The molecule has 148 valence electrons. The fourth-order valence-electron chi connectivity index (χ4n) is 2.72. The summed E-state index contributed by atoms with van der Waals surface area (Å²) in [6, 6.07) is 11.5. The second-order valence-corrected chi connectivity index (χ2v) is 6.09. The minimum absolute atomic E-state index is 0.0404. The molecule has 9 nitrogen and oxygen atoms in total. The van der Waals surface area contributed by atoms with E-state index in [1.807, 2.05) is 0 Å². The largest absolute Gasteiger partial charge is 0.478 e. The predicted molar refractivity (Wildman–Crippen MR) is 106 cm³/mol. The van der Waals surface area contributed by atoms with Gasteiger partial charge in [0.15, 0.2) is 5.65 Å². The van der Waals surface area contributed by atoms with Crippen molar-refractivity contribution in [1.29, 1.82) is 0 Å². The minimum atomic E-state index is -1.09. The van der Waals surface area contributed by atoms with Crippen LogP contribution < -0.4 is 10.1 Å². The first-order valence-electron chi connectivity index (χ1n) is 8.68. The van der Waals surface area contributed by atoms with Crippen LogP contribution in [0.4, 0.5) is 5.69 Å². The molecule has 0 aliphatic rings. The van der Waals surface area contributed by atoms with Crippen molar-refractivity contribution in [2.45, 2.75) is 0 Å². The number of aromatic nitrogens is 3. The lowest BCUT2D eigenvalue weighted by molar-refractivity contribution is 0.0698. The van der Waals surface area contributed by atoms with Gasteiger partial charge >= 0.3 is 5.97 Å². The Labute approximate surface area is 169 Å². The molecule has 0 unspecified atom stereocenters. The van der Waals surface area contributed by atoms with Crippen LogP contribution in [0, 0.1) is 11.8 Å². The van der Waals surface area contributed by atoms with Crippen LogP contribution in [-0.4, -0.2) is 38.7 Å². The lowest BCUT2D eigenvalue weighted by atomic mass is 10.2. The highest BCUT2D eigenvalue weighted by atomic mass is 16.6. The number of ether oxygens (including phenoxy) is 1. The number of fused-ring (bicyclic) bond motifs is 1. The van der Waals surface area contributed by atoms with E-state index in [9.17, 15) is 14.7 Å². The maximum absolute atomic E-state index is 12.3. The van der Waals surface area contributed by atoms with Gasteiger partial charge < -0.3 is 19.6 Å². The molecule has 0 saturated heterocycles. The number of carboxylic acid groups (broad SMARTS) is 1. The van der Waals surface area contributed by atoms with Gasteiger partial charge in [0.1, 0.15) is 11.8 Å². The summed E-state index contributed by atoms with van der Waals surface area (Å²) in [5.41, 5.74) is 1.76. The van der Waals surface area contributed by atoms with Gasteiger partial charge in [0.05, 0.1) is 12.7 Å². The number of carbonyl (C=O) groups is 2. The molecule has 0 atom stereocenters. The summed E-state index contributed by atoms with van der Waals surface area (Å²) in [4.78, 5) is 23.6. The van der Waals surface area contributed by atoms with Crippen LogP contribution in [0.3, 0.4) is 0 Å². The zero-order chi connectivity index (χ0) is 21.1. The van der Waals surface area contributed by atoms with E-state index in [1.54, 1.807) is 36.5 Å². The molecule has 30 heavy (non-hydrogen) atoms. The molecule has 3 heterocycles. The first-order valence-corrected chi connectivity index (χ1v) is 8.68. The third kappa shape index (κ3) is 3.70. The molecular weight excluding hydrogens is 388 g/mol. The number of hydrogen-bond acceptors (Lipinski definition) is 6. The fourth-order valence-corrected chi connectivity index (χ4v) is 2.72. The molecule has 0 radical (unpaired) electrons. The van der Waals surface area contributed by atoms with Crippen molar-refractivity contribution in [2.24, 2.45) is 0 Å². The Morgan fingerprint density at radius 3 is 2.80 bits per heavy atom. The second-order valence-electron chi connectivity index (χ2n) is 6.09. The highest BCUT2D eigenvalue weighted by Gasteiger charge is 2.13. The van der Waals surface area contributed by atoms with Gasteiger partial charge in [-0.15, -0.1) is 10.2 Å². The van der Waals surface area contributed by atoms with Gasteiger partial charge in [-0.05, 0) is 36.3 Å². The monoisotopic (exact) mass is 402 g/mol. The van der Waals surface area contributed by atoms with Crippen molar-refractivity contribution in [1.82, 2.24) is 14.6 Å². The molecular formula is C21H14N4O5. The van der Waals surface area contributed by atoms with Gasteiger partial charge in [-0.3, -0.25) is 9.20 Å². The number of amides is 1. The zero-order valence-corrected chi connectivity index (χ0v) is 15.6. The predicted octanol–water partition coefficient (Wildman–Crippen LogP) is 2.68. The topological polar surface area (TPSA) is 119 Å². The fraction of sp³-hybridized carbons (Fsp3) is 0.0476. The lowest BCUT2D eigenvalue weighted by Crippen LogP contribution is -2.10. The third-order valence-corrected chi connectivity index (χ3v) is 4.14. The molecule has 4 aromatic rings. The molecule has 0 aliphatic carbocycles. The van der Waals surface area contributed by atoms with Crippen molar-refractivity contribution >= 4 is 23.2 Å². The Hall–Kier alpha value is -4.58. The molecule has 0 spiro atoms. The summed E-state index contributed by atoms with van der Waals surface area (Å²) in [7, 11) is 1.45. The number of furan rings is 1. The number of rotatable bonds is 4. The summed E-state index contributed by atoms with van der Waals surface area (Å²) < 4.78 is 11.5. The summed E-state index contributed by atoms with van der Waals surface area (Å²) in [5.74, 6) is 4.92. The van der Waals surface area contributed by atoms with E-state index in [0.29, 0.717) is 22.6 Å². The average molecular weight is 402 g/mol. The summed E-state index contributed by atoms with van der Waals surface area (Å²) >= 11 is 0. The Balaban J connectivity index is 1.57. The van der Waals surface area contributed by atoms with Crippen molar-refractivity contribution in [2.75, 3.05) is 12.4 Å². The van der Waals surface area contributed by atoms with Gasteiger partial charge in [0, 0.05) is 23.5 Å². The Bertz CT molecular complexity index is 1330. The van der Waals surface area contributed by atoms with Gasteiger partial charge in [0.2, 0.25) is 5.82 Å². The molecule has 0 fully saturated rings. The number of carboxylic acids is 1. The number of methoxy groups -OCH3 is 1. The van der Waals surface area contributed by atoms with E-state index in [-0.39, 0.29) is 23.1 Å². The maximum Gasteiger partial charge on any atom is 0.339 e. The first-order chi connectivity index (χ1) is 14.5. The van der Waals surface area contributed by atoms with Crippen molar-refractivity contribution in [3.8, 4) is 17.8 Å². The summed E-state index contributed by atoms with van der Waals surface area (Å²) in [5, 5.41) is 19.9. The van der Waals surface area contributed by atoms with Gasteiger partial charge in [0.25, 0.3) is 11.9 Å². The van der Waals surface area contributed by atoms with Crippen LogP contribution in [0.5, 0.6) is 5.95 Å². The van der Waals surface area contributed by atoms with Crippen LogP contribution >= 0.6 is 0 Å². The third-order valence-electron chi connectivity index (χ3n) is 4.14. The second kappa shape index (κ2) is 7.81. The Kier molecular flexibility index (Phi) is 4.88. The highest BCUT2D eigenvalue weighted by molar-refractivity contribution is 6.04. The van der Waals surface area contributed by atoms with Gasteiger partial charge in [-0.1, -0.05) is 12.0 Å². The van der Waals surface area contributed by atoms with Crippen molar-refractivity contribution in [3.05, 3.63) is 77.4 Å². The van der Waals surface area contributed by atoms with E-state index >= 15 is 0 Å². The number of nitrogens with one attached hydrogen (secondary N) is 1. The van der Waals surface area contributed by atoms with Crippen LogP contribution in [0.25, 0.3) is 5.65 Å². The molecule has 9 heteroatoms. The minimum Gasteiger partial charge on any atom is -0.478 e. The van der Waals surface area contributed by atoms with Crippen LogP contribution in [0.2, 0.25) is 0 Å². The average Bonchev–Trinajstić information content (AvgIpc) is 3.39. The quantitative estimate of drug-likeness (QED) is 0.504. The number of nitrogens with zero attached hydrogens (tertiary/aromatic N) is 3. The Morgan fingerprint density at radius 2 is 2.03 bits per heavy atom. The standard InChI is InChI=1S/C21H14N4O5/c1-29-18-11-14(12-30-18)20(26)22-15-5-2-4-13(10-15)7-8-17-23-24-19-16(21(27)28)6-3-9-25(17)19/h2-6,9-12H,1H3,(H,22,26)(H,27,28). The number of anilines is 1. The van der Waals surface area contributed by atoms with Crippen LogP contribution in [-0.2, 0) is 0 Å². The Morgan fingerprint density at radius 1 is 1.17 bits per heavy atom. The van der Waals surface area contributed by atoms with E-state index < -0.39 is 5.97 Å². The molecule has 1 amide bonds. The lowest BCUT2D eigenvalue weighted by Gasteiger charge is -2.03. The summed E-state index contributed by atoms with van der Waals surface area (Å²) in [6.45, 7) is 0. The van der Waals surface area contributed by atoms with Crippen LogP contribution in [0.1, 0.15) is 32.1 Å². The molecule has 0 saturated carbocycles. The number of carbonyl (C=O) groups excluding carboxylic acids is 1. The highest BCUT2D eigenvalue weighted by Crippen LogP contribution is 2.17. The number of hydrogen-bond donors (Lipinski definition) is 2.